The van der Waals surface area contributed by atoms with Crippen LogP contribution in [0.25, 0.3) is 0 Å². The van der Waals surface area contributed by atoms with Gasteiger partial charge in [0.05, 0.1) is 16.2 Å². The fraction of sp³-hybridized carbons (Fsp3) is 0.385. The van der Waals surface area contributed by atoms with Crippen molar-refractivity contribution in [1.29, 1.82) is 0 Å². The van der Waals surface area contributed by atoms with Crippen molar-refractivity contribution in [2.24, 2.45) is 0 Å². The van der Waals surface area contributed by atoms with Crippen molar-refractivity contribution in [2.45, 2.75) is 51.0 Å². The highest BCUT2D eigenvalue weighted by Gasteiger charge is 2.32. The molecule has 0 aliphatic carbocycles. The van der Waals surface area contributed by atoms with Gasteiger partial charge in [0.2, 0.25) is 21.9 Å². The zero-order valence-electron chi connectivity index (χ0n) is 20.0. The highest BCUT2D eigenvalue weighted by atomic mass is 32.2. The summed E-state index contributed by atoms with van der Waals surface area (Å²) in [7, 11) is -3.70. The Morgan fingerprint density at radius 3 is 2.51 bits per heavy atom. The van der Waals surface area contributed by atoms with Crippen LogP contribution in [0.4, 0.5) is 10.3 Å². The number of halogens is 1. The monoisotopic (exact) mass is 496 g/mol. The predicted octanol–water partition coefficient (Wildman–Crippen LogP) is 4.76. The second-order valence-corrected chi connectivity index (χ2v) is 11.2. The molecular weight excluding hydrogens is 467 g/mol. The van der Waals surface area contributed by atoms with Crippen molar-refractivity contribution in [3.63, 3.8) is 0 Å². The van der Waals surface area contributed by atoms with E-state index < -0.39 is 10.0 Å². The van der Waals surface area contributed by atoms with Crippen LogP contribution in [0.5, 0.6) is 11.6 Å². The number of fused-ring (bicyclic) bond motifs is 1. The van der Waals surface area contributed by atoms with E-state index in [9.17, 15) is 12.8 Å². The molecule has 0 unspecified atom stereocenters. The first kappa shape index (κ1) is 23.7. The van der Waals surface area contributed by atoms with E-state index in [1.165, 1.54) is 16.8 Å². The van der Waals surface area contributed by atoms with Gasteiger partial charge in [-0.15, -0.1) is 0 Å². The molecule has 0 saturated carbocycles. The average molecular weight is 497 g/mol. The van der Waals surface area contributed by atoms with Gasteiger partial charge < -0.3 is 9.64 Å². The third kappa shape index (κ3) is 4.88. The van der Waals surface area contributed by atoms with Crippen LogP contribution in [0.3, 0.4) is 0 Å². The molecule has 184 valence electrons. The van der Waals surface area contributed by atoms with Gasteiger partial charge in [0.25, 0.3) is 0 Å². The Morgan fingerprint density at radius 1 is 0.971 bits per heavy atom. The van der Waals surface area contributed by atoms with Crippen LogP contribution >= 0.6 is 0 Å². The molecule has 1 aromatic heterocycles. The van der Waals surface area contributed by atoms with Crippen LogP contribution in [-0.4, -0.2) is 42.3 Å². The first-order chi connectivity index (χ1) is 16.8. The molecule has 1 saturated heterocycles. The van der Waals surface area contributed by atoms with E-state index in [0.29, 0.717) is 41.7 Å². The molecule has 35 heavy (non-hydrogen) atoms. The van der Waals surface area contributed by atoms with Gasteiger partial charge in [-0.2, -0.15) is 9.29 Å². The molecule has 2 aliphatic rings. The number of anilines is 1. The summed E-state index contributed by atoms with van der Waals surface area (Å²) in [6, 6.07) is 11.5. The number of nitrogens with zero attached hydrogens (tertiary/aromatic N) is 4. The molecule has 3 heterocycles. The van der Waals surface area contributed by atoms with Crippen LogP contribution < -0.4 is 9.64 Å². The Bertz CT molecular complexity index is 1360. The summed E-state index contributed by atoms with van der Waals surface area (Å²) in [6.45, 7) is 5.74. The number of ether oxygens (including phenoxy) is 1. The molecular formula is C26H29FN4O3S. The Balaban J connectivity index is 1.53. The maximum Gasteiger partial charge on any atom is 0.243 e. The molecule has 0 amide bonds. The summed E-state index contributed by atoms with van der Waals surface area (Å²) in [6.07, 6.45) is 3.81. The van der Waals surface area contributed by atoms with E-state index in [2.05, 4.69) is 4.90 Å². The van der Waals surface area contributed by atoms with E-state index >= 15 is 0 Å². The summed E-state index contributed by atoms with van der Waals surface area (Å²) >= 11 is 0. The predicted molar refractivity (Wildman–Crippen MR) is 132 cm³/mol. The van der Waals surface area contributed by atoms with Crippen LogP contribution in [-0.2, 0) is 23.0 Å². The van der Waals surface area contributed by atoms with Crippen molar-refractivity contribution >= 4 is 16.0 Å². The Morgan fingerprint density at radius 2 is 1.77 bits per heavy atom. The Labute approximate surface area is 205 Å². The smallest absolute Gasteiger partial charge is 0.243 e. The molecule has 0 N–H and O–H groups in total. The van der Waals surface area contributed by atoms with Gasteiger partial charge in [-0.1, -0.05) is 12.1 Å². The number of piperidine rings is 1. The molecule has 0 bridgehead atoms. The van der Waals surface area contributed by atoms with Gasteiger partial charge in [0, 0.05) is 32.6 Å². The van der Waals surface area contributed by atoms with Crippen molar-refractivity contribution in [2.75, 3.05) is 24.5 Å². The highest BCUT2D eigenvalue weighted by molar-refractivity contribution is 7.89. The number of hydrogen-bond donors (Lipinski definition) is 0. The number of aromatic nitrogens is 2. The van der Waals surface area contributed by atoms with Crippen LogP contribution in [0.15, 0.2) is 47.4 Å². The van der Waals surface area contributed by atoms with Gasteiger partial charge in [-0.05, 0) is 74.6 Å². The van der Waals surface area contributed by atoms with Gasteiger partial charge >= 0.3 is 0 Å². The lowest BCUT2D eigenvalue weighted by Crippen LogP contribution is -2.37. The molecule has 2 aliphatic heterocycles. The van der Waals surface area contributed by atoms with Crippen LogP contribution in [0, 0.1) is 19.7 Å². The summed E-state index contributed by atoms with van der Waals surface area (Å²) in [5.74, 6) is 1.07. The minimum Gasteiger partial charge on any atom is -0.438 e. The van der Waals surface area contributed by atoms with Crippen molar-refractivity contribution in [1.82, 2.24) is 14.3 Å². The molecule has 0 spiro atoms. The lowest BCUT2D eigenvalue weighted by Gasteiger charge is -2.31. The summed E-state index contributed by atoms with van der Waals surface area (Å²) < 4.78 is 48.3. The Hall–Kier alpha value is -3.04. The fourth-order valence-corrected chi connectivity index (χ4v) is 6.10. The fourth-order valence-electron chi connectivity index (χ4n) is 4.59. The van der Waals surface area contributed by atoms with Gasteiger partial charge in [-0.3, -0.25) is 0 Å². The van der Waals surface area contributed by atoms with E-state index in [0.717, 1.165) is 37.2 Å². The zero-order chi connectivity index (χ0) is 24.6. The molecule has 1 fully saturated rings. The number of hydrogen-bond acceptors (Lipinski definition) is 6. The van der Waals surface area contributed by atoms with E-state index in [4.69, 9.17) is 14.7 Å². The first-order valence-corrected chi connectivity index (χ1v) is 13.4. The minimum absolute atomic E-state index is 0.112. The van der Waals surface area contributed by atoms with Gasteiger partial charge in [-0.25, -0.2) is 17.8 Å². The number of rotatable bonds is 5. The van der Waals surface area contributed by atoms with E-state index in [-0.39, 0.29) is 17.3 Å². The van der Waals surface area contributed by atoms with Crippen molar-refractivity contribution in [3.05, 3.63) is 70.7 Å². The maximum absolute atomic E-state index is 13.8. The van der Waals surface area contributed by atoms with Crippen LogP contribution in [0.1, 0.15) is 41.6 Å². The SMILES string of the molecule is Cc1cccc(S(=O)(=O)N2CCc3nc(N4CCCCC4)nc(Oc4ccc(F)c(C)c4)c3C2)c1. The van der Waals surface area contributed by atoms with Crippen molar-refractivity contribution < 1.29 is 17.5 Å². The number of benzene rings is 2. The molecule has 2 aromatic carbocycles. The van der Waals surface area contributed by atoms with E-state index in [1.807, 2.05) is 13.0 Å². The molecule has 7 nitrogen and oxygen atoms in total. The van der Waals surface area contributed by atoms with E-state index in [1.54, 1.807) is 37.3 Å². The van der Waals surface area contributed by atoms with Crippen LogP contribution in [0.2, 0.25) is 0 Å². The third-order valence-corrected chi connectivity index (χ3v) is 8.43. The van der Waals surface area contributed by atoms with Gasteiger partial charge in [0.1, 0.15) is 11.6 Å². The molecule has 5 rings (SSSR count). The zero-order valence-corrected chi connectivity index (χ0v) is 20.8. The second-order valence-electron chi connectivity index (χ2n) is 9.22. The highest BCUT2D eigenvalue weighted by Crippen LogP contribution is 2.34. The number of sulfonamides is 1. The average Bonchev–Trinajstić information content (AvgIpc) is 2.86. The number of aryl methyl sites for hydroxylation is 2. The Kier molecular flexibility index (Phi) is 6.46. The molecule has 3 aromatic rings. The molecule has 0 atom stereocenters. The van der Waals surface area contributed by atoms with Gasteiger partial charge in [0.15, 0.2) is 0 Å². The lowest BCUT2D eigenvalue weighted by atomic mass is 10.1. The molecule has 0 radical (unpaired) electrons. The lowest BCUT2D eigenvalue weighted by molar-refractivity contribution is 0.368. The standard InChI is InChI=1S/C26H29FN4O3S/c1-18-7-6-8-21(15-18)35(32,33)31-14-11-24-22(17-31)25(34-20-9-10-23(27)19(2)16-20)29-26(28-24)30-12-4-3-5-13-30/h6-10,15-16H,3-5,11-14,17H2,1-2H3. The summed E-state index contributed by atoms with van der Waals surface area (Å²) in [5, 5.41) is 0. The maximum atomic E-state index is 13.8. The third-order valence-electron chi connectivity index (χ3n) is 6.59. The quantitative estimate of drug-likeness (QED) is 0.507. The largest absolute Gasteiger partial charge is 0.438 e. The summed E-state index contributed by atoms with van der Waals surface area (Å²) in [5.41, 5.74) is 2.79. The topological polar surface area (TPSA) is 75.6 Å². The van der Waals surface area contributed by atoms with Crippen molar-refractivity contribution in [3.8, 4) is 11.6 Å². The first-order valence-electron chi connectivity index (χ1n) is 12.0. The summed E-state index contributed by atoms with van der Waals surface area (Å²) in [4.78, 5) is 12.0. The second kappa shape index (κ2) is 9.54. The normalized spacial score (nSPS) is 16.7. The molecule has 9 heteroatoms. The minimum atomic E-state index is -3.70.